The summed E-state index contributed by atoms with van der Waals surface area (Å²) in [6, 6.07) is 7.41. The van der Waals surface area contributed by atoms with Crippen LogP contribution in [0.2, 0.25) is 10.0 Å². The minimum atomic E-state index is -4.43. The Morgan fingerprint density at radius 1 is 1.19 bits per heavy atom. The van der Waals surface area contributed by atoms with Crippen LogP contribution in [-0.4, -0.2) is 19.6 Å². The lowest BCUT2D eigenvalue weighted by atomic mass is 10.1. The summed E-state index contributed by atoms with van der Waals surface area (Å²) in [4.78, 5) is 12.1. The van der Waals surface area contributed by atoms with Gasteiger partial charge in [0.25, 0.3) is 5.91 Å². The maximum atomic E-state index is 12.6. The summed E-state index contributed by atoms with van der Waals surface area (Å²) in [5.41, 5.74) is -0.373. The molecule has 0 saturated heterocycles. The number of methoxy groups -OCH3 is 1. The first-order valence-corrected chi connectivity index (χ1v) is 7.95. The summed E-state index contributed by atoms with van der Waals surface area (Å²) in [5.74, 6) is 4.94. The van der Waals surface area contributed by atoms with Gasteiger partial charge in [0.15, 0.2) is 5.75 Å². The van der Waals surface area contributed by atoms with Crippen molar-refractivity contribution < 1.29 is 22.7 Å². The van der Waals surface area contributed by atoms with Gasteiger partial charge in [-0.25, -0.2) is 0 Å². The van der Waals surface area contributed by atoms with E-state index >= 15 is 0 Å². The molecular formula is C18H12Cl2F3NO2. The highest BCUT2D eigenvalue weighted by atomic mass is 35.5. The second-order valence-electron chi connectivity index (χ2n) is 5.04. The lowest BCUT2D eigenvalue weighted by molar-refractivity contribution is -0.137. The topological polar surface area (TPSA) is 38.3 Å². The average molecular weight is 402 g/mol. The fraction of sp³-hybridized carbons (Fsp3) is 0.167. The first-order valence-electron chi connectivity index (χ1n) is 7.19. The van der Waals surface area contributed by atoms with Crippen molar-refractivity contribution in [1.29, 1.82) is 0 Å². The van der Waals surface area contributed by atoms with Gasteiger partial charge in [0.05, 0.1) is 29.3 Å². The van der Waals surface area contributed by atoms with Gasteiger partial charge in [-0.05, 0) is 30.3 Å². The first-order chi connectivity index (χ1) is 12.2. The number of carbonyl (C=O) groups excluding carboxylic acids is 1. The molecule has 2 rings (SSSR count). The highest BCUT2D eigenvalue weighted by molar-refractivity contribution is 6.37. The maximum absolute atomic E-state index is 12.6. The number of ether oxygens (including phenoxy) is 1. The van der Waals surface area contributed by atoms with E-state index in [1.807, 2.05) is 0 Å². The molecule has 0 aliphatic rings. The number of amides is 1. The normalized spacial score (nSPS) is 10.7. The van der Waals surface area contributed by atoms with Crippen LogP contribution in [0.4, 0.5) is 13.2 Å². The maximum Gasteiger partial charge on any atom is 0.416 e. The van der Waals surface area contributed by atoms with Crippen LogP contribution in [0.15, 0.2) is 36.4 Å². The number of alkyl halides is 3. The van der Waals surface area contributed by atoms with E-state index in [2.05, 4.69) is 17.2 Å². The van der Waals surface area contributed by atoms with E-state index in [4.69, 9.17) is 27.9 Å². The summed E-state index contributed by atoms with van der Waals surface area (Å²) in [7, 11) is 1.40. The first kappa shape index (κ1) is 20.0. The lowest BCUT2D eigenvalue weighted by Crippen LogP contribution is -2.23. The number of hydrogen-bond acceptors (Lipinski definition) is 2. The van der Waals surface area contributed by atoms with E-state index in [1.165, 1.54) is 31.4 Å². The molecule has 136 valence electrons. The van der Waals surface area contributed by atoms with Crippen LogP contribution in [0.5, 0.6) is 5.75 Å². The van der Waals surface area contributed by atoms with E-state index in [1.54, 1.807) is 0 Å². The largest absolute Gasteiger partial charge is 0.494 e. The van der Waals surface area contributed by atoms with Crippen LogP contribution >= 0.6 is 23.2 Å². The zero-order chi connectivity index (χ0) is 19.3. The zero-order valence-electron chi connectivity index (χ0n) is 13.4. The molecule has 2 aromatic carbocycles. The Bertz CT molecular complexity index is 863. The molecule has 0 aliphatic heterocycles. The monoisotopic (exact) mass is 401 g/mol. The molecule has 0 unspecified atom stereocenters. The molecule has 0 fully saturated rings. The van der Waals surface area contributed by atoms with Gasteiger partial charge in [-0.1, -0.05) is 41.1 Å². The molecule has 0 heterocycles. The van der Waals surface area contributed by atoms with Crippen LogP contribution in [0.1, 0.15) is 21.5 Å². The molecule has 26 heavy (non-hydrogen) atoms. The van der Waals surface area contributed by atoms with Gasteiger partial charge in [-0.3, -0.25) is 4.79 Å². The molecule has 0 spiro atoms. The molecule has 2 aromatic rings. The van der Waals surface area contributed by atoms with E-state index in [-0.39, 0.29) is 33.5 Å². The van der Waals surface area contributed by atoms with E-state index in [0.717, 1.165) is 12.1 Å². The molecule has 8 heteroatoms. The molecule has 1 amide bonds. The summed E-state index contributed by atoms with van der Waals surface area (Å²) in [5, 5.41) is 2.87. The molecule has 0 aromatic heterocycles. The Balaban J connectivity index is 2.03. The SMILES string of the molecule is COc1c(Cl)cc(C(=O)NCC#Cc2cccc(C(F)(F)F)c2)cc1Cl. The van der Waals surface area contributed by atoms with Gasteiger partial charge < -0.3 is 10.1 Å². The van der Waals surface area contributed by atoms with Crippen LogP contribution in [0, 0.1) is 11.8 Å². The molecule has 0 saturated carbocycles. The fourth-order valence-corrected chi connectivity index (χ4v) is 2.67. The summed E-state index contributed by atoms with van der Waals surface area (Å²) >= 11 is 11.9. The van der Waals surface area contributed by atoms with Crippen LogP contribution in [0.3, 0.4) is 0 Å². The van der Waals surface area contributed by atoms with Crippen molar-refractivity contribution in [3.63, 3.8) is 0 Å². The second-order valence-corrected chi connectivity index (χ2v) is 5.85. The standard InChI is InChI=1S/C18H12Cl2F3NO2/c1-26-16-14(19)9-12(10-15(16)20)17(25)24-7-3-5-11-4-2-6-13(8-11)18(21,22)23/h2,4,6,8-10H,7H2,1H3,(H,24,25). The minimum Gasteiger partial charge on any atom is -0.494 e. The third kappa shape index (κ3) is 5.07. The molecule has 0 aliphatic carbocycles. The Morgan fingerprint density at radius 3 is 2.42 bits per heavy atom. The van der Waals surface area contributed by atoms with Crippen LogP contribution in [-0.2, 0) is 6.18 Å². The summed E-state index contributed by atoms with van der Waals surface area (Å²) < 4.78 is 42.9. The smallest absolute Gasteiger partial charge is 0.416 e. The zero-order valence-corrected chi connectivity index (χ0v) is 14.9. The molecule has 0 radical (unpaired) electrons. The number of nitrogens with one attached hydrogen (secondary N) is 1. The highest BCUT2D eigenvalue weighted by Crippen LogP contribution is 2.33. The van der Waals surface area contributed by atoms with Crippen LogP contribution < -0.4 is 10.1 Å². The van der Waals surface area contributed by atoms with Crippen LogP contribution in [0.25, 0.3) is 0 Å². The van der Waals surface area contributed by atoms with Gasteiger partial charge in [0.1, 0.15) is 0 Å². The third-order valence-corrected chi connectivity index (χ3v) is 3.79. The van der Waals surface area contributed by atoms with Crippen molar-refractivity contribution in [2.75, 3.05) is 13.7 Å². The predicted molar refractivity (Wildman–Crippen MR) is 93.7 cm³/mol. The molecular weight excluding hydrogens is 390 g/mol. The minimum absolute atomic E-state index is 0.0592. The number of halogens is 5. The molecule has 3 nitrogen and oxygen atoms in total. The van der Waals surface area contributed by atoms with Crippen molar-refractivity contribution in [3.8, 4) is 17.6 Å². The Labute approximate surface area is 158 Å². The number of carbonyl (C=O) groups is 1. The van der Waals surface area contributed by atoms with Gasteiger partial charge in [0, 0.05) is 11.1 Å². The van der Waals surface area contributed by atoms with Crippen molar-refractivity contribution in [1.82, 2.24) is 5.32 Å². The van der Waals surface area contributed by atoms with Crippen molar-refractivity contribution in [2.45, 2.75) is 6.18 Å². The lowest BCUT2D eigenvalue weighted by Gasteiger charge is -2.08. The number of benzene rings is 2. The Morgan fingerprint density at radius 2 is 1.85 bits per heavy atom. The summed E-state index contributed by atoms with van der Waals surface area (Å²) in [6.07, 6.45) is -4.43. The second kappa shape index (κ2) is 8.35. The molecule has 1 N–H and O–H groups in total. The quantitative estimate of drug-likeness (QED) is 0.749. The fourth-order valence-electron chi connectivity index (χ4n) is 2.03. The van der Waals surface area contributed by atoms with Crippen molar-refractivity contribution in [2.24, 2.45) is 0 Å². The van der Waals surface area contributed by atoms with E-state index in [9.17, 15) is 18.0 Å². The number of hydrogen-bond donors (Lipinski definition) is 1. The summed E-state index contributed by atoms with van der Waals surface area (Å²) in [6.45, 7) is -0.0592. The van der Waals surface area contributed by atoms with E-state index < -0.39 is 17.6 Å². The van der Waals surface area contributed by atoms with Gasteiger partial charge >= 0.3 is 6.18 Å². The Hall–Kier alpha value is -2.36. The van der Waals surface area contributed by atoms with Gasteiger partial charge in [-0.2, -0.15) is 13.2 Å². The van der Waals surface area contributed by atoms with Crippen molar-refractivity contribution >= 4 is 29.1 Å². The highest BCUT2D eigenvalue weighted by Gasteiger charge is 2.30. The predicted octanol–water partition coefficient (Wildman–Crippen LogP) is 4.80. The van der Waals surface area contributed by atoms with Crippen molar-refractivity contribution in [3.05, 3.63) is 63.1 Å². The third-order valence-electron chi connectivity index (χ3n) is 3.22. The van der Waals surface area contributed by atoms with E-state index in [0.29, 0.717) is 0 Å². The average Bonchev–Trinajstić information content (AvgIpc) is 2.57. The molecule has 0 bridgehead atoms. The number of rotatable bonds is 3. The van der Waals surface area contributed by atoms with Gasteiger partial charge in [0.2, 0.25) is 0 Å². The Kier molecular flexibility index (Phi) is 6.41. The van der Waals surface area contributed by atoms with Gasteiger partial charge in [-0.15, -0.1) is 0 Å². The molecule has 0 atom stereocenters.